The van der Waals surface area contributed by atoms with Crippen molar-refractivity contribution in [3.05, 3.63) is 63.9 Å². The van der Waals surface area contributed by atoms with Gasteiger partial charge in [0, 0.05) is 28.6 Å². The van der Waals surface area contributed by atoms with Gasteiger partial charge in [-0.2, -0.15) is 0 Å². The van der Waals surface area contributed by atoms with E-state index < -0.39 is 29.7 Å². The number of ether oxygens (including phenoxy) is 1. The number of fused-ring (bicyclic) bond motifs is 1. The molecule has 0 spiro atoms. The largest absolute Gasteiger partial charge is 0.485 e. The molecule has 21 heavy (non-hydrogen) atoms. The van der Waals surface area contributed by atoms with Gasteiger partial charge in [-0.05, 0) is 24.3 Å². The van der Waals surface area contributed by atoms with Crippen molar-refractivity contribution < 1.29 is 23.0 Å². The molecule has 1 aliphatic rings. The lowest BCUT2D eigenvalue weighted by molar-refractivity contribution is 0.0638. The minimum absolute atomic E-state index is 0.0231. The highest BCUT2D eigenvalue weighted by Crippen LogP contribution is 2.42. The lowest BCUT2D eigenvalue weighted by Crippen LogP contribution is -2.20. The average molecular weight is 315 g/mol. The minimum Gasteiger partial charge on any atom is -0.485 e. The van der Waals surface area contributed by atoms with Crippen LogP contribution in [0.4, 0.5) is 13.2 Å². The summed E-state index contributed by atoms with van der Waals surface area (Å²) in [7, 11) is 0. The topological polar surface area (TPSA) is 29.5 Å². The zero-order chi connectivity index (χ0) is 15.1. The van der Waals surface area contributed by atoms with Crippen LogP contribution in [-0.2, 0) is 0 Å². The van der Waals surface area contributed by atoms with Gasteiger partial charge in [-0.3, -0.25) is 0 Å². The van der Waals surface area contributed by atoms with Gasteiger partial charge in [-0.25, -0.2) is 13.2 Å². The molecular weight excluding hydrogens is 305 g/mol. The van der Waals surface area contributed by atoms with Gasteiger partial charge >= 0.3 is 0 Å². The minimum atomic E-state index is -1.26. The fourth-order valence-electron chi connectivity index (χ4n) is 2.39. The molecule has 2 atom stereocenters. The second kappa shape index (κ2) is 5.24. The van der Waals surface area contributed by atoms with Crippen molar-refractivity contribution >= 4 is 11.6 Å². The van der Waals surface area contributed by atoms with Gasteiger partial charge in [0.05, 0.1) is 6.10 Å². The third-order valence-corrected chi connectivity index (χ3v) is 3.66. The number of hydrogen-bond donors (Lipinski definition) is 1. The summed E-state index contributed by atoms with van der Waals surface area (Å²) < 4.78 is 45.6. The summed E-state index contributed by atoms with van der Waals surface area (Å²) >= 11 is 5.84. The Balaban J connectivity index is 1.99. The van der Waals surface area contributed by atoms with E-state index in [9.17, 15) is 18.3 Å². The van der Waals surface area contributed by atoms with Crippen LogP contribution in [0.1, 0.15) is 29.8 Å². The molecule has 2 nitrogen and oxygen atoms in total. The highest BCUT2D eigenvalue weighted by Gasteiger charge is 2.30. The first kappa shape index (κ1) is 14.2. The molecule has 0 radical (unpaired) electrons. The number of aliphatic hydroxyl groups excluding tert-OH is 1. The Labute approximate surface area is 123 Å². The summed E-state index contributed by atoms with van der Waals surface area (Å²) in [6, 6.07) is 5.89. The second-order valence-electron chi connectivity index (χ2n) is 4.83. The molecule has 0 fully saturated rings. The standard InChI is InChI=1S/C15H10ClF3O2/c16-7-1-2-14-9(3-7)13(20)6-15(21-14)8-4-11(18)12(19)5-10(8)17/h1-5,13,15,20H,6H2/t13-,15?/m0/s1. The van der Waals surface area contributed by atoms with Crippen molar-refractivity contribution in [1.29, 1.82) is 0 Å². The molecule has 0 saturated carbocycles. The number of benzene rings is 2. The van der Waals surface area contributed by atoms with Crippen LogP contribution in [0.15, 0.2) is 30.3 Å². The average Bonchev–Trinajstić information content (AvgIpc) is 2.43. The molecule has 0 saturated heterocycles. The Morgan fingerprint density at radius 3 is 2.48 bits per heavy atom. The second-order valence-corrected chi connectivity index (χ2v) is 5.26. The van der Waals surface area contributed by atoms with Crippen molar-refractivity contribution in [2.24, 2.45) is 0 Å². The van der Waals surface area contributed by atoms with E-state index in [1.165, 1.54) is 0 Å². The molecule has 110 valence electrons. The number of halogens is 4. The van der Waals surface area contributed by atoms with Crippen molar-refractivity contribution in [2.45, 2.75) is 18.6 Å². The smallest absolute Gasteiger partial charge is 0.161 e. The maximum Gasteiger partial charge on any atom is 0.161 e. The maximum absolute atomic E-state index is 13.8. The van der Waals surface area contributed by atoms with Crippen molar-refractivity contribution in [1.82, 2.24) is 0 Å². The zero-order valence-electron chi connectivity index (χ0n) is 10.6. The Bertz CT molecular complexity index is 706. The third-order valence-electron chi connectivity index (χ3n) is 3.42. The molecule has 6 heteroatoms. The van der Waals surface area contributed by atoms with Crippen LogP contribution in [-0.4, -0.2) is 5.11 Å². The van der Waals surface area contributed by atoms with E-state index in [1.54, 1.807) is 18.2 Å². The Hall–Kier alpha value is -1.72. The third kappa shape index (κ3) is 2.59. The maximum atomic E-state index is 13.8. The predicted octanol–water partition coefficient (Wildman–Crippen LogP) is 4.31. The molecule has 1 heterocycles. The summed E-state index contributed by atoms with van der Waals surface area (Å²) in [4.78, 5) is 0. The summed E-state index contributed by atoms with van der Waals surface area (Å²) in [5.41, 5.74) is 0.357. The first-order valence-electron chi connectivity index (χ1n) is 6.24. The number of rotatable bonds is 1. The fraction of sp³-hybridized carbons (Fsp3) is 0.200. The van der Waals surface area contributed by atoms with E-state index in [0.29, 0.717) is 22.4 Å². The molecule has 0 aliphatic carbocycles. The van der Waals surface area contributed by atoms with Gasteiger partial charge in [0.15, 0.2) is 11.6 Å². The van der Waals surface area contributed by atoms with Crippen LogP contribution in [0, 0.1) is 17.5 Å². The summed E-state index contributed by atoms with van der Waals surface area (Å²) in [6.45, 7) is 0. The molecule has 1 aliphatic heterocycles. The van der Waals surface area contributed by atoms with Crippen LogP contribution in [0.2, 0.25) is 5.02 Å². The number of aliphatic hydroxyl groups is 1. The van der Waals surface area contributed by atoms with Crippen LogP contribution in [0.3, 0.4) is 0 Å². The van der Waals surface area contributed by atoms with Crippen LogP contribution in [0.5, 0.6) is 5.75 Å². The van der Waals surface area contributed by atoms with Gasteiger partial charge in [-0.1, -0.05) is 11.6 Å². The van der Waals surface area contributed by atoms with E-state index >= 15 is 0 Å². The first-order valence-corrected chi connectivity index (χ1v) is 6.62. The van der Waals surface area contributed by atoms with Gasteiger partial charge < -0.3 is 9.84 Å². The predicted molar refractivity (Wildman–Crippen MR) is 70.7 cm³/mol. The van der Waals surface area contributed by atoms with Crippen LogP contribution >= 0.6 is 11.6 Å². The normalized spacial score (nSPS) is 20.8. The SMILES string of the molecule is O[C@H]1CC(c2cc(F)c(F)cc2F)Oc2ccc(Cl)cc21. The molecule has 1 N–H and O–H groups in total. The van der Waals surface area contributed by atoms with Crippen molar-refractivity contribution in [2.75, 3.05) is 0 Å². The monoisotopic (exact) mass is 314 g/mol. The molecular formula is C15H10ClF3O2. The highest BCUT2D eigenvalue weighted by atomic mass is 35.5. The zero-order valence-corrected chi connectivity index (χ0v) is 11.4. The molecule has 0 aromatic heterocycles. The molecule has 2 aromatic rings. The van der Waals surface area contributed by atoms with E-state index in [4.69, 9.17) is 16.3 Å². The molecule has 0 bridgehead atoms. The van der Waals surface area contributed by atoms with E-state index in [-0.39, 0.29) is 12.0 Å². The van der Waals surface area contributed by atoms with Gasteiger partial charge in [0.1, 0.15) is 17.7 Å². The summed E-state index contributed by atoms with van der Waals surface area (Å²) in [6.07, 6.45) is -1.80. The Morgan fingerprint density at radius 1 is 1.00 bits per heavy atom. The highest BCUT2D eigenvalue weighted by molar-refractivity contribution is 6.30. The van der Waals surface area contributed by atoms with E-state index in [2.05, 4.69) is 0 Å². The van der Waals surface area contributed by atoms with Gasteiger partial charge in [0.25, 0.3) is 0 Å². The fourth-order valence-corrected chi connectivity index (χ4v) is 2.57. The van der Waals surface area contributed by atoms with Crippen molar-refractivity contribution in [3.63, 3.8) is 0 Å². The lowest BCUT2D eigenvalue weighted by Gasteiger charge is -2.30. The summed E-state index contributed by atoms with van der Waals surface area (Å²) in [5.74, 6) is -3.00. The molecule has 1 unspecified atom stereocenters. The quantitative estimate of drug-likeness (QED) is 0.795. The molecule has 3 rings (SSSR count). The summed E-state index contributed by atoms with van der Waals surface area (Å²) in [5, 5.41) is 10.5. The van der Waals surface area contributed by atoms with Gasteiger partial charge in [0.2, 0.25) is 0 Å². The Kier molecular flexibility index (Phi) is 3.55. The van der Waals surface area contributed by atoms with E-state index in [0.717, 1.165) is 6.07 Å². The van der Waals surface area contributed by atoms with Crippen molar-refractivity contribution in [3.8, 4) is 5.75 Å². The van der Waals surface area contributed by atoms with E-state index in [1.807, 2.05) is 0 Å². The number of hydrogen-bond acceptors (Lipinski definition) is 2. The van der Waals surface area contributed by atoms with Crippen LogP contribution < -0.4 is 4.74 Å². The van der Waals surface area contributed by atoms with Crippen LogP contribution in [0.25, 0.3) is 0 Å². The lowest BCUT2D eigenvalue weighted by atomic mass is 9.94. The Morgan fingerprint density at radius 2 is 1.71 bits per heavy atom. The first-order chi connectivity index (χ1) is 9.95. The molecule has 2 aromatic carbocycles. The van der Waals surface area contributed by atoms with Gasteiger partial charge in [-0.15, -0.1) is 0 Å². The molecule has 0 amide bonds.